The molecule has 20 heavy (non-hydrogen) atoms. The van der Waals surface area contributed by atoms with Crippen LogP contribution in [0.2, 0.25) is 0 Å². The fourth-order valence-electron chi connectivity index (χ4n) is 2.25. The summed E-state index contributed by atoms with van der Waals surface area (Å²) in [6, 6.07) is 6.41. The quantitative estimate of drug-likeness (QED) is 0.722. The number of fused-ring (bicyclic) bond motifs is 1. The van der Waals surface area contributed by atoms with E-state index in [0.29, 0.717) is 11.2 Å². The first-order valence-electron chi connectivity index (χ1n) is 6.31. The number of pyridine rings is 1. The predicted molar refractivity (Wildman–Crippen MR) is 75.4 cm³/mol. The van der Waals surface area contributed by atoms with Crippen LogP contribution < -0.4 is 0 Å². The van der Waals surface area contributed by atoms with Crippen LogP contribution in [-0.4, -0.2) is 15.8 Å². The van der Waals surface area contributed by atoms with E-state index in [1.54, 1.807) is 24.5 Å². The van der Waals surface area contributed by atoms with Crippen molar-refractivity contribution < 1.29 is 9.18 Å². The monoisotopic (exact) mass is 268 g/mol. The molecule has 3 nitrogen and oxygen atoms in total. The Morgan fingerprint density at radius 2 is 1.95 bits per heavy atom. The molecule has 1 aromatic carbocycles. The molecule has 2 heterocycles. The van der Waals surface area contributed by atoms with E-state index in [1.165, 1.54) is 6.07 Å². The van der Waals surface area contributed by atoms with E-state index in [9.17, 15) is 9.18 Å². The van der Waals surface area contributed by atoms with Gasteiger partial charge in [0.1, 0.15) is 11.5 Å². The first-order chi connectivity index (χ1) is 9.56. The molecule has 0 fully saturated rings. The number of aryl methyl sites for hydroxylation is 2. The number of H-pyrrole nitrogens is 1. The van der Waals surface area contributed by atoms with Crippen LogP contribution in [0, 0.1) is 19.7 Å². The van der Waals surface area contributed by atoms with Crippen LogP contribution in [0.4, 0.5) is 4.39 Å². The van der Waals surface area contributed by atoms with Gasteiger partial charge in [-0.05, 0) is 37.6 Å². The van der Waals surface area contributed by atoms with Gasteiger partial charge in [-0.15, -0.1) is 0 Å². The topological polar surface area (TPSA) is 45.8 Å². The second-order valence-electron chi connectivity index (χ2n) is 4.92. The van der Waals surface area contributed by atoms with E-state index < -0.39 is 5.82 Å². The lowest BCUT2D eigenvalue weighted by atomic mass is 10.0. The van der Waals surface area contributed by atoms with Crippen LogP contribution in [-0.2, 0) is 0 Å². The number of benzene rings is 1. The Hall–Kier alpha value is -2.49. The van der Waals surface area contributed by atoms with Gasteiger partial charge in [0.25, 0.3) is 0 Å². The molecule has 0 aliphatic carbocycles. The molecule has 0 bridgehead atoms. The average Bonchev–Trinajstić information content (AvgIpc) is 2.83. The normalized spacial score (nSPS) is 10.9. The summed E-state index contributed by atoms with van der Waals surface area (Å²) in [5, 5.41) is 0.718. The van der Waals surface area contributed by atoms with Crippen molar-refractivity contribution in [2.24, 2.45) is 0 Å². The maximum absolute atomic E-state index is 13.8. The number of rotatable bonds is 2. The van der Waals surface area contributed by atoms with Crippen LogP contribution in [0.15, 0.2) is 36.7 Å². The summed E-state index contributed by atoms with van der Waals surface area (Å²) >= 11 is 0. The fourth-order valence-corrected chi connectivity index (χ4v) is 2.25. The third-order valence-corrected chi connectivity index (χ3v) is 3.28. The van der Waals surface area contributed by atoms with Crippen molar-refractivity contribution in [2.75, 3.05) is 0 Å². The number of nitrogens with one attached hydrogen (secondary N) is 1. The Morgan fingerprint density at radius 3 is 2.75 bits per heavy atom. The fraction of sp³-hybridized carbons (Fsp3) is 0.125. The maximum atomic E-state index is 13.8. The van der Waals surface area contributed by atoms with Gasteiger partial charge in [-0.2, -0.15) is 0 Å². The highest BCUT2D eigenvalue weighted by Gasteiger charge is 2.18. The summed E-state index contributed by atoms with van der Waals surface area (Å²) in [6.45, 7) is 3.73. The van der Waals surface area contributed by atoms with Crippen LogP contribution >= 0.6 is 0 Å². The summed E-state index contributed by atoms with van der Waals surface area (Å²) < 4.78 is 13.8. The van der Waals surface area contributed by atoms with E-state index in [1.807, 2.05) is 19.9 Å². The first-order valence-corrected chi connectivity index (χ1v) is 6.31. The standard InChI is InChI=1S/C16H13FN2O/c1-9-3-4-14(17)12(5-9)15(20)13-8-19-16-11(13)6-10(2)7-18-16/h3-8H,1-2H3,(H,18,19). The molecule has 1 N–H and O–H groups in total. The van der Waals surface area contributed by atoms with Crippen molar-refractivity contribution in [3.05, 3.63) is 64.7 Å². The van der Waals surface area contributed by atoms with Gasteiger partial charge >= 0.3 is 0 Å². The van der Waals surface area contributed by atoms with Gasteiger partial charge in [0.05, 0.1) is 5.56 Å². The number of carbonyl (C=O) groups is 1. The minimum atomic E-state index is -0.504. The van der Waals surface area contributed by atoms with Gasteiger partial charge in [-0.1, -0.05) is 11.6 Å². The molecule has 0 unspecified atom stereocenters. The first kappa shape index (κ1) is 12.5. The largest absolute Gasteiger partial charge is 0.345 e. The lowest BCUT2D eigenvalue weighted by Gasteiger charge is -2.03. The Kier molecular flexibility index (Phi) is 2.86. The molecule has 100 valence electrons. The molecule has 0 saturated carbocycles. The van der Waals surface area contributed by atoms with E-state index in [-0.39, 0.29) is 11.3 Å². The molecule has 0 atom stereocenters. The number of carbonyl (C=O) groups excluding carboxylic acids is 1. The molecule has 0 aliphatic heterocycles. The second kappa shape index (κ2) is 4.56. The number of ketones is 1. The van der Waals surface area contributed by atoms with Gasteiger partial charge < -0.3 is 4.98 Å². The minimum absolute atomic E-state index is 0.0902. The summed E-state index contributed by atoms with van der Waals surface area (Å²) in [6.07, 6.45) is 3.31. The third kappa shape index (κ3) is 1.99. The SMILES string of the molecule is Cc1ccc(F)c(C(=O)c2c[nH]c3ncc(C)cc23)c1. The zero-order chi connectivity index (χ0) is 14.3. The number of halogens is 1. The third-order valence-electron chi connectivity index (χ3n) is 3.28. The smallest absolute Gasteiger partial charge is 0.198 e. The van der Waals surface area contributed by atoms with Crippen LogP contribution in [0.3, 0.4) is 0 Å². The van der Waals surface area contributed by atoms with Gasteiger partial charge in [0, 0.05) is 23.3 Å². The van der Waals surface area contributed by atoms with Crippen molar-refractivity contribution in [1.29, 1.82) is 0 Å². The van der Waals surface area contributed by atoms with E-state index in [4.69, 9.17) is 0 Å². The second-order valence-corrected chi connectivity index (χ2v) is 4.92. The molecule has 0 spiro atoms. The van der Waals surface area contributed by atoms with Gasteiger partial charge in [-0.25, -0.2) is 9.37 Å². The number of hydrogen-bond donors (Lipinski definition) is 1. The highest BCUT2D eigenvalue weighted by molar-refractivity contribution is 6.16. The van der Waals surface area contributed by atoms with E-state index >= 15 is 0 Å². The molecular weight excluding hydrogens is 255 g/mol. The predicted octanol–water partition coefficient (Wildman–Crippen LogP) is 3.55. The summed E-state index contributed by atoms with van der Waals surface area (Å²) in [7, 11) is 0. The van der Waals surface area contributed by atoms with E-state index in [2.05, 4.69) is 9.97 Å². The highest BCUT2D eigenvalue weighted by atomic mass is 19.1. The highest BCUT2D eigenvalue weighted by Crippen LogP contribution is 2.22. The van der Waals surface area contributed by atoms with Gasteiger partial charge in [0.2, 0.25) is 0 Å². The van der Waals surface area contributed by atoms with Crippen molar-refractivity contribution in [2.45, 2.75) is 13.8 Å². The molecule has 2 aromatic heterocycles. The summed E-state index contributed by atoms with van der Waals surface area (Å²) in [5.74, 6) is -0.833. The van der Waals surface area contributed by atoms with Crippen LogP contribution in [0.5, 0.6) is 0 Å². The number of nitrogens with zero attached hydrogens (tertiary/aromatic N) is 1. The van der Waals surface area contributed by atoms with Crippen molar-refractivity contribution in [3.63, 3.8) is 0 Å². The summed E-state index contributed by atoms with van der Waals surface area (Å²) in [5.41, 5.74) is 2.97. The Bertz CT molecular complexity index is 820. The van der Waals surface area contributed by atoms with Gasteiger partial charge in [-0.3, -0.25) is 4.79 Å². The maximum Gasteiger partial charge on any atom is 0.198 e. The zero-order valence-electron chi connectivity index (χ0n) is 11.2. The Balaban J connectivity index is 2.17. The molecule has 0 saturated heterocycles. The average molecular weight is 268 g/mol. The lowest BCUT2D eigenvalue weighted by Crippen LogP contribution is -2.04. The molecule has 4 heteroatoms. The molecule has 3 aromatic rings. The molecular formula is C16H13FN2O. The van der Waals surface area contributed by atoms with Crippen molar-refractivity contribution >= 4 is 16.8 Å². The lowest BCUT2D eigenvalue weighted by molar-refractivity contribution is 0.103. The Morgan fingerprint density at radius 1 is 1.15 bits per heavy atom. The van der Waals surface area contributed by atoms with Crippen LogP contribution in [0.1, 0.15) is 27.0 Å². The van der Waals surface area contributed by atoms with E-state index in [0.717, 1.165) is 16.5 Å². The summed E-state index contributed by atoms with van der Waals surface area (Å²) in [4.78, 5) is 19.7. The number of aromatic nitrogens is 2. The van der Waals surface area contributed by atoms with Crippen LogP contribution in [0.25, 0.3) is 11.0 Å². The zero-order valence-corrected chi connectivity index (χ0v) is 11.2. The van der Waals surface area contributed by atoms with Gasteiger partial charge in [0.15, 0.2) is 5.78 Å². The molecule has 3 rings (SSSR count). The molecule has 0 aliphatic rings. The van der Waals surface area contributed by atoms with Crippen molar-refractivity contribution in [3.8, 4) is 0 Å². The number of hydrogen-bond acceptors (Lipinski definition) is 2. The Labute approximate surface area is 115 Å². The van der Waals surface area contributed by atoms with Crippen molar-refractivity contribution in [1.82, 2.24) is 9.97 Å². The number of aromatic amines is 1. The minimum Gasteiger partial charge on any atom is -0.345 e. The molecule has 0 radical (unpaired) electrons. The molecule has 0 amide bonds.